The number of hydrogen-bond acceptors (Lipinski definition) is 3. The van der Waals surface area contributed by atoms with Crippen LogP contribution in [-0.2, 0) is 4.79 Å². The number of benzene rings is 2. The zero-order chi connectivity index (χ0) is 20.8. The minimum absolute atomic E-state index is 0.0229. The number of rotatable bonds is 7. The molecule has 1 N–H and O–H groups in total. The maximum absolute atomic E-state index is 12.3. The van der Waals surface area contributed by atoms with E-state index < -0.39 is 0 Å². The second-order valence-electron chi connectivity index (χ2n) is 8.59. The molecule has 2 aromatic rings. The number of piperidine rings is 1. The average molecular weight is 395 g/mol. The van der Waals surface area contributed by atoms with Crippen molar-refractivity contribution in [2.75, 3.05) is 24.6 Å². The lowest BCUT2D eigenvalue weighted by Crippen LogP contribution is -2.34. The first-order valence-corrected chi connectivity index (χ1v) is 10.8. The second kappa shape index (κ2) is 9.82. The minimum Gasteiger partial charge on any atom is -0.484 e. The molecular formula is C25H34N2O2. The molecule has 1 saturated heterocycles. The molecule has 1 amide bonds. The Morgan fingerprint density at radius 1 is 1.07 bits per heavy atom. The molecule has 1 fully saturated rings. The van der Waals surface area contributed by atoms with E-state index in [1.807, 2.05) is 31.2 Å². The first-order chi connectivity index (χ1) is 13.9. The summed E-state index contributed by atoms with van der Waals surface area (Å²) < 4.78 is 5.63. The predicted molar refractivity (Wildman–Crippen MR) is 120 cm³/mol. The zero-order valence-corrected chi connectivity index (χ0v) is 18.2. The van der Waals surface area contributed by atoms with Gasteiger partial charge in [0.05, 0.1) is 6.04 Å². The second-order valence-corrected chi connectivity index (χ2v) is 8.59. The Bertz CT molecular complexity index is 783. The van der Waals surface area contributed by atoms with Gasteiger partial charge in [0.15, 0.2) is 6.61 Å². The Kier molecular flexibility index (Phi) is 7.18. The normalized spacial score (nSPS) is 17.8. The van der Waals surface area contributed by atoms with Crippen molar-refractivity contribution in [3.8, 4) is 5.75 Å². The highest BCUT2D eigenvalue weighted by molar-refractivity contribution is 5.78. The molecule has 3 rings (SSSR count). The zero-order valence-electron chi connectivity index (χ0n) is 18.2. The van der Waals surface area contributed by atoms with Crippen molar-refractivity contribution in [3.63, 3.8) is 0 Å². The highest BCUT2D eigenvalue weighted by Gasteiger charge is 2.17. The molecule has 2 atom stereocenters. The van der Waals surface area contributed by atoms with Crippen LogP contribution in [0.4, 0.5) is 5.69 Å². The predicted octanol–water partition coefficient (Wildman–Crippen LogP) is 5.30. The van der Waals surface area contributed by atoms with Crippen molar-refractivity contribution < 1.29 is 9.53 Å². The van der Waals surface area contributed by atoms with Crippen LogP contribution in [0.2, 0.25) is 0 Å². The van der Waals surface area contributed by atoms with E-state index in [0.29, 0.717) is 5.92 Å². The Hall–Kier alpha value is -2.49. The number of hydrogen-bond donors (Lipinski definition) is 1. The summed E-state index contributed by atoms with van der Waals surface area (Å²) in [6.45, 7) is 10.9. The number of anilines is 1. The van der Waals surface area contributed by atoms with E-state index in [2.05, 4.69) is 55.3 Å². The highest BCUT2D eigenvalue weighted by atomic mass is 16.5. The summed E-state index contributed by atoms with van der Waals surface area (Å²) >= 11 is 0. The van der Waals surface area contributed by atoms with Gasteiger partial charge >= 0.3 is 0 Å². The number of nitrogens with one attached hydrogen (secondary N) is 1. The van der Waals surface area contributed by atoms with Crippen LogP contribution in [0.5, 0.6) is 5.75 Å². The van der Waals surface area contributed by atoms with Gasteiger partial charge in [0.2, 0.25) is 0 Å². The molecule has 156 valence electrons. The summed E-state index contributed by atoms with van der Waals surface area (Å²) in [6, 6.07) is 16.5. The molecule has 0 unspecified atom stereocenters. The van der Waals surface area contributed by atoms with Gasteiger partial charge in [0.1, 0.15) is 5.75 Å². The third-order valence-electron chi connectivity index (χ3n) is 5.71. The van der Waals surface area contributed by atoms with Gasteiger partial charge in [-0.3, -0.25) is 4.79 Å². The van der Waals surface area contributed by atoms with Gasteiger partial charge in [-0.05, 0) is 67.0 Å². The summed E-state index contributed by atoms with van der Waals surface area (Å²) in [5.74, 6) is 1.85. The molecule has 2 aromatic carbocycles. The van der Waals surface area contributed by atoms with E-state index >= 15 is 0 Å². The molecule has 0 bridgehead atoms. The van der Waals surface area contributed by atoms with Crippen LogP contribution in [0.25, 0.3) is 0 Å². The summed E-state index contributed by atoms with van der Waals surface area (Å²) in [6.07, 6.45) is 2.58. The van der Waals surface area contributed by atoms with E-state index in [0.717, 1.165) is 30.3 Å². The van der Waals surface area contributed by atoms with Crippen molar-refractivity contribution in [2.45, 2.75) is 52.5 Å². The van der Waals surface area contributed by atoms with Crippen molar-refractivity contribution in [3.05, 3.63) is 59.7 Å². The molecule has 4 nitrogen and oxygen atoms in total. The molecule has 0 aromatic heterocycles. The smallest absolute Gasteiger partial charge is 0.258 e. The summed E-state index contributed by atoms with van der Waals surface area (Å²) in [7, 11) is 0. The fraction of sp³-hybridized carbons (Fsp3) is 0.480. The monoisotopic (exact) mass is 394 g/mol. The first kappa shape index (κ1) is 21.2. The SMILES string of the molecule is CC(C)c1ccc(OCC(=O)N[C@H](C)c2ccc(N3CCC[C@H](C)C3)cc2)cc1. The third-order valence-corrected chi connectivity index (χ3v) is 5.71. The molecular weight excluding hydrogens is 360 g/mol. The topological polar surface area (TPSA) is 41.6 Å². The highest BCUT2D eigenvalue weighted by Crippen LogP contribution is 2.24. The van der Waals surface area contributed by atoms with E-state index in [4.69, 9.17) is 4.74 Å². The van der Waals surface area contributed by atoms with Crippen LogP contribution in [0.1, 0.15) is 63.6 Å². The fourth-order valence-electron chi connectivity index (χ4n) is 3.86. The molecule has 1 heterocycles. The lowest BCUT2D eigenvalue weighted by Gasteiger charge is -2.33. The van der Waals surface area contributed by atoms with Gasteiger partial charge in [-0.2, -0.15) is 0 Å². The van der Waals surface area contributed by atoms with Gasteiger partial charge in [-0.25, -0.2) is 0 Å². The molecule has 0 spiro atoms. The standard InChI is InChI=1S/C25H34N2O2/c1-18(2)21-9-13-24(14-10-21)29-17-25(28)26-20(4)22-7-11-23(12-8-22)27-15-5-6-19(3)16-27/h7-14,18-20H,5-6,15-17H2,1-4H3,(H,26,28)/t19-,20+/m0/s1. The molecule has 1 aliphatic rings. The van der Waals surface area contributed by atoms with Crippen LogP contribution in [-0.4, -0.2) is 25.6 Å². The first-order valence-electron chi connectivity index (χ1n) is 10.8. The van der Waals surface area contributed by atoms with Gasteiger partial charge in [-0.1, -0.05) is 45.0 Å². The molecule has 1 aliphatic heterocycles. The van der Waals surface area contributed by atoms with Gasteiger partial charge in [-0.15, -0.1) is 0 Å². The Balaban J connectivity index is 1.48. The maximum atomic E-state index is 12.3. The van der Waals surface area contributed by atoms with E-state index in [1.165, 1.54) is 24.1 Å². The van der Waals surface area contributed by atoms with E-state index in [1.54, 1.807) is 0 Å². The van der Waals surface area contributed by atoms with Crippen LogP contribution < -0.4 is 15.0 Å². The third kappa shape index (κ3) is 5.99. The summed E-state index contributed by atoms with van der Waals surface area (Å²) in [5.41, 5.74) is 3.64. The fourth-order valence-corrected chi connectivity index (χ4v) is 3.86. The number of amides is 1. The average Bonchev–Trinajstić information content (AvgIpc) is 2.72. The Labute approximate surface area is 175 Å². The molecule has 0 radical (unpaired) electrons. The minimum atomic E-state index is -0.112. The summed E-state index contributed by atoms with van der Waals surface area (Å²) in [4.78, 5) is 14.7. The van der Waals surface area contributed by atoms with Crippen LogP contribution in [0.15, 0.2) is 48.5 Å². The molecule has 0 saturated carbocycles. The van der Waals surface area contributed by atoms with E-state index in [9.17, 15) is 4.79 Å². The van der Waals surface area contributed by atoms with Crippen molar-refractivity contribution >= 4 is 11.6 Å². The molecule has 4 heteroatoms. The lowest BCUT2D eigenvalue weighted by molar-refractivity contribution is -0.123. The number of carbonyl (C=O) groups is 1. The van der Waals surface area contributed by atoms with Gasteiger partial charge < -0.3 is 15.0 Å². The lowest BCUT2D eigenvalue weighted by atomic mass is 9.99. The van der Waals surface area contributed by atoms with Crippen molar-refractivity contribution in [2.24, 2.45) is 5.92 Å². The summed E-state index contributed by atoms with van der Waals surface area (Å²) in [5, 5.41) is 3.02. The van der Waals surface area contributed by atoms with E-state index in [-0.39, 0.29) is 18.6 Å². The largest absolute Gasteiger partial charge is 0.484 e. The van der Waals surface area contributed by atoms with Crippen molar-refractivity contribution in [1.29, 1.82) is 0 Å². The molecule has 29 heavy (non-hydrogen) atoms. The van der Waals surface area contributed by atoms with Crippen molar-refractivity contribution in [1.82, 2.24) is 5.32 Å². The quantitative estimate of drug-likeness (QED) is 0.693. The number of carbonyl (C=O) groups excluding carboxylic acids is 1. The Morgan fingerprint density at radius 3 is 2.34 bits per heavy atom. The van der Waals surface area contributed by atoms with Crippen LogP contribution in [0.3, 0.4) is 0 Å². The number of ether oxygens (including phenoxy) is 1. The number of nitrogens with zero attached hydrogens (tertiary/aromatic N) is 1. The van der Waals surface area contributed by atoms with Crippen LogP contribution in [0, 0.1) is 5.92 Å². The Morgan fingerprint density at radius 2 is 1.72 bits per heavy atom. The van der Waals surface area contributed by atoms with Crippen LogP contribution >= 0.6 is 0 Å². The van der Waals surface area contributed by atoms with Gasteiger partial charge in [0.25, 0.3) is 5.91 Å². The molecule has 0 aliphatic carbocycles. The van der Waals surface area contributed by atoms with Gasteiger partial charge in [0, 0.05) is 18.8 Å². The maximum Gasteiger partial charge on any atom is 0.258 e.